The van der Waals surface area contributed by atoms with Crippen molar-refractivity contribution in [1.82, 2.24) is 10.2 Å². The maximum Gasteiger partial charge on any atom is 0.246 e. The lowest BCUT2D eigenvalue weighted by Crippen LogP contribution is -2.38. The standard InChI is InChI=1S/C13H22N2O3/c1-4-5-6-8-13(17)15(2)11-12(16)14-9-7-10-18-3/h4-6,8H,7,9-11H2,1-3H3,(H,14,16)/b5-4+,8-6+. The Morgan fingerprint density at radius 2 is 2.06 bits per heavy atom. The molecule has 2 amide bonds. The van der Waals surface area contributed by atoms with Crippen LogP contribution in [0.2, 0.25) is 0 Å². The summed E-state index contributed by atoms with van der Waals surface area (Å²) in [6.45, 7) is 3.10. The average molecular weight is 254 g/mol. The summed E-state index contributed by atoms with van der Waals surface area (Å²) in [4.78, 5) is 24.4. The van der Waals surface area contributed by atoms with Crippen LogP contribution in [0.5, 0.6) is 0 Å². The van der Waals surface area contributed by atoms with Gasteiger partial charge in [-0.3, -0.25) is 9.59 Å². The van der Waals surface area contributed by atoms with Crippen LogP contribution in [0.15, 0.2) is 24.3 Å². The first-order valence-corrected chi connectivity index (χ1v) is 5.92. The van der Waals surface area contributed by atoms with E-state index in [1.807, 2.05) is 13.0 Å². The average Bonchev–Trinajstić information content (AvgIpc) is 2.34. The monoisotopic (exact) mass is 254 g/mol. The molecule has 0 aromatic carbocycles. The van der Waals surface area contributed by atoms with Crippen LogP contribution in [0.3, 0.4) is 0 Å². The molecular formula is C13H22N2O3. The molecule has 0 heterocycles. The molecule has 0 unspecified atom stereocenters. The van der Waals surface area contributed by atoms with Gasteiger partial charge in [0.2, 0.25) is 11.8 Å². The minimum absolute atomic E-state index is 0.0615. The number of rotatable bonds is 8. The lowest BCUT2D eigenvalue weighted by Gasteiger charge is -2.14. The summed E-state index contributed by atoms with van der Waals surface area (Å²) >= 11 is 0. The first-order chi connectivity index (χ1) is 8.61. The summed E-state index contributed by atoms with van der Waals surface area (Å²) < 4.78 is 4.87. The summed E-state index contributed by atoms with van der Waals surface area (Å²) in [5.41, 5.74) is 0. The molecule has 0 saturated heterocycles. The Morgan fingerprint density at radius 1 is 1.33 bits per heavy atom. The third-order valence-corrected chi connectivity index (χ3v) is 2.15. The molecule has 0 bridgehead atoms. The molecule has 1 N–H and O–H groups in total. The summed E-state index contributed by atoms with van der Waals surface area (Å²) in [5, 5.41) is 2.72. The Morgan fingerprint density at radius 3 is 2.67 bits per heavy atom. The first kappa shape index (κ1) is 16.4. The Kier molecular flexibility index (Phi) is 9.58. The predicted molar refractivity (Wildman–Crippen MR) is 71.1 cm³/mol. The third-order valence-electron chi connectivity index (χ3n) is 2.15. The van der Waals surface area contributed by atoms with E-state index >= 15 is 0 Å². The largest absolute Gasteiger partial charge is 0.385 e. The van der Waals surface area contributed by atoms with Gasteiger partial charge < -0.3 is 15.0 Å². The summed E-state index contributed by atoms with van der Waals surface area (Å²) in [6, 6.07) is 0. The van der Waals surface area contributed by atoms with Crippen molar-refractivity contribution >= 4 is 11.8 Å². The fraction of sp³-hybridized carbons (Fsp3) is 0.538. The van der Waals surface area contributed by atoms with Crippen molar-refractivity contribution in [2.75, 3.05) is 33.9 Å². The molecule has 0 radical (unpaired) electrons. The maximum atomic E-state index is 11.5. The lowest BCUT2D eigenvalue weighted by molar-refractivity contribution is -0.131. The highest BCUT2D eigenvalue weighted by Crippen LogP contribution is 1.88. The van der Waals surface area contributed by atoms with Gasteiger partial charge in [-0.25, -0.2) is 0 Å². The van der Waals surface area contributed by atoms with Crippen LogP contribution in [0.1, 0.15) is 13.3 Å². The number of methoxy groups -OCH3 is 1. The second-order valence-corrected chi connectivity index (χ2v) is 3.78. The molecular weight excluding hydrogens is 232 g/mol. The van der Waals surface area contributed by atoms with E-state index in [4.69, 9.17) is 4.74 Å². The molecule has 0 spiro atoms. The molecule has 0 aromatic heterocycles. The van der Waals surface area contributed by atoms with Crippen molar-refractivity contribution in [3.05, 3.63) is 24.3 Å². The Bertz CT molecular complexity index is 311. The van der Waals surface area contributed by atoms with Gasteiger partial charge in [0.15, 0.2) is 0 Å². The van der Waals surface area contributed by atoms with Crippen LogP contribution in [0, 0.1) is 0 Å². The Hall–Kier alpha value is -1.62. The van der Waals surface area contributed by atoms with Crippen molar-refractivity contribution in [3.63, 3.8) is 0 Å². The number of allylic oxidation sites excluding steroid dienone is 3. The number of carbonyl (C=O) groups is 2. The van der Waals surface area contributed by atoms with E-state index in [1.165, 1.54) is 11.0 Å². The quantitative estimate of drug-likeness (QED) is 0.395. The number of carbonyl (C=O) groups excluding carboxylic acids is 2. The van der Waals surface area contributed by atoms with Crippen molar-refractivity contribution in [3.8, 4) is 0 Å². The molecule has 0 saturated carbocycles. The molecule has 5 nitrogen and oxygen atoms in total. The normalized spacial score (nSPS) is 11.1. The minimum atomic E-state index is -0.194. The molecule has 18 heavy (non-hydrogen) atoms. The summed E-state index contributed by atoms with van der Waals surface area (Å²) in [6.07, 6.45) is 7.43. The SMILES string of the molecule is C/C=C/C=C/C(=O)N(C)CC(=O)NCCCOC. The second kappa shape index (κ2) is 10.5. The number of likely N-dealkylation sites (N-methyl/N-ethyl adjacent to an activating group) is 1. The first-order valence-electron chi connectivity index (χ1n) is 5.92. The maximum absolute atomic E-state index is 11.5. The van der Waals surface area contributed by atoms with Gasteiger partial charge >= 0.3 is 0 Å². The highest BCUT2D eigenvalue weighted by atomic mass is 16.5. The Balaban J connectivity index is 3.88. The van der Waals surface area contributed by atoms with Crippen molar-refractivity contribution in [2.24, 2.45) is 0 Å². The topological polar surface area (TPSA) is 58.6 Å². The van der Waals surface area contributed by atoms with Crippen LogP contribution < -0.4 is 5.32 Å². The van der Waals surface area contributed by atoms with Crippen LogP contribution in [0.4, 0.5) is 0 Å². The molecule has 0 atom stereocenters. The second-order valence-electron chi connectivity index (χ2n) is 3.78. The highest BCUT2D eigenvalue weighted by Gasteiger charge is 2.09. The zero-order valence-electron chi connectivity index (χ0n) is 11.3. The van der Waals surface area contributed by atoms with Gasteiger partial charge in [0.05, 0.1) is 6.54 Å². The van der Waals surface area contributed by atoms with E-state index in [0.29, 0.717) is 13.2 Å². The molecule has 102 valence electrons. The fourth-order valence-electron chi connectivity index (χ4n) is 1.17. The molecule has 0 aliphatic carbocycles. The van der Waals surface area contributed by atoms with Gasteiger partial charge in [0, 0.05) is 33.4 Å². The van der Waals surface area contributed by atoms with Gasteiger partial charge in [-0.1, -0.05) is 18.2 Å². The minimum Gasteiger partial charge on any atom is -0.385 e. The van der Waals surface area contributed by atoms with Gasteiger partial charge in [0.1, 0.15) is 0 Å². The predicted octanol–water partition coefficient (Wildman–Crippen LogP) is 0.730. The zero-order chi connectivity index (χ0) is 13.8. The van der Waals surface area contributed by atoms with Crippen LogP contribution in [0.25, 0.3) is 0 Å². The van der Waals surface area contributed by atoms with Crippen LogP contribution >= 0.6 is 0 Å². The summed E-state index contributed by atoms with van der Waals surface area (Å²) in [7, 11) is 3.21. The zero-order valence-corrected chi connectivity index (χ0v) is 11.3. The van der Waals surface area contributed by atoms with Gasteiger partial charge in [-0.2, -0.15) is 0 Å². The van der Waals surface area contributed by atoms with E-state index < -0.39 is 0 Å². The van der Waals surface area contributed by atoms with E-state index in [-0.39, 0.29) is 18.4 Å². The van der Waals surface area contributed by atoms with E-state index in [9.17, 15) is 9.59 Å². The number of nitrogens with zero attached hydrogens (tertiary/aromatic N) is 1. The van der Waals surface area contributed by atoms with Gasteiger partial charge in [0.25, 0.3) is 0 Å². The molecule has 0 rings (SSSR count). The lowest BCUT2D eigenvalue weighted by atomic mass is 10.4. The molecule has 0 aliphatic rings. The third kappa shape index (κ3) is 8.52. The molecule has 5 heteroatoms. The number of amides is 2. The Labute approximate surface area is 108 Å². The van der Waals surface area contributed by atoms with Crippen molar-refractivity contribution < 1.29 is 14.3 Å². The van der Waals surface area contributed by atoms with Crippen LogP contribution in [-0.4, -0.2) is 50.6 Å². The number of hydrogen-bond donors (Lipinski definition) is 1. The molecule has 0 aromatic rings. The van der Waals surface area contributed by atoms with Gasteiger partial charge in [-0.15, -0.1) is 0 Å². The fourth-order valence-corrected chi connectivity index (χ4v) is 1.17. The van der Waals surface area contributed by atoms with Crippen LogP contribution in [-0.2, 0) is 14.3 Å². The van der Waals surface area contributed by atoms with E-state index in [2.05, 4.69) is 5.32 Å². The smallest absolute Gasteiger partial charge is 0.246 e. The van der Waals surface area contributed by atoms with Crippen molar-refractivity contribution in [1.29, 1.82) is 0 Å². The summed E-state index contributed by atoms with van der Waals surface area (Å²) in [5.74, 6) is -0.360. The van der Waals surface area contributed by atoms with Gasteiger partial charge in [-0.05, 0) is 13.3 Å². The van der Waals surface area contributed by atoms with E-state index in [0.717, 1.165) is 6.42 Å². The number of ether oxygens (including phenoxy) is 1. The number of hydrogen-bond acceptors (Lipinski definition) is 3. The molecule has 0 aliphatic heterocycles. The van der Waals surface area contributed by atoms with E-state index in [1.54, 1.807) is 26.3 Å². The highest BCUT2D eigenvalue weighted by molar-refractivity contribution is 5.91. The molecule has 0 fully saturated rings. The van der Waals surface area contributed by atoms with Crippen molar-refractivity contribution in [2.45, 2.75) is 13.3 Å². The number of nitrogens with one attached hydrogen (secondary N) is 1.